The number of fused-ring (bicyclic) bond motifs is 2. The van der Waals surface area contributed by atoms with Gasteiger partial charge in [-0.2, -0.15) is 31.6 Å². The first kappa shape index (κ1) is 23.0. The topological polar surface area (TPSA) is 195 Å². The van der Waals surface area contributed by atoms with E-state index in [4.69, 9.17) is 8.83 Å². The first-order chi connectivity index (χ1) is 18.6. The predicted octanol–water partition coefficient (Wildman–Crippen LogP) is 3.44. The van der Waals surface area contributed by atoms with Gasteiger partial charge in [-0.3, -0.25) is 0 Å². The van der Waals surface area contributed by atoms with Crippen molar-refractivity contribution >= 4 is 33.3 Å². The van der Waals surface area contributed by atoms with Crippen molar-refractivity contribution < 1.29 is 8.83 Å². The Hall–Kier alpha value is -6.72. The zero-order valence-corrected chi connectivity index (χ0v) is 19.0. The quantitative estimate of drug-likeness (QED) is 0.355. The molecule has 0 amide bonds. The van der Waals surface area contributed by atoms with Crippen LogP contribution in [0.1, 0.15) is 11.1 Å². The Balaban J connectivity index is 2.07. The maximum atomic E-state index is 9.43. The number of benzene rings is 3. The fraction of sp³-hybridized carbons (Fsp3) is 0. The van der Waals surface area contributed by atoms with Crippen molar-refractivity contribution in [1.82, 2.24) is 9.97 Å². The van der Waals surface area contributed by atoms with Crippen molar-refractivity contribution in [3.05, 3.63) is 70.7 Å². The second kappa shape index (κ2) is 9.14. The van der Waals surface area contributed by atoms with Crippen molar-refractivity contribution in [3.63, 3.8) is 0 Å². The minimum atomic E-state index is -0.354. The van der Waals surface area contributed by atoms with Crippen molar-refractivity contribution in [2.75, 3.05) is 0 Å². The lowest BCUT2D eigenvalue weighted by Gasteiger charge is -2.08. The molecule has 2 heterocycles. The SMILES string of the molecule is N#CC(C#N)=c1nc2c(-c3ccc(C#N)cc3)c3oc(=C(C#N)C#N)nc3c(-c3ccc(C#N)cc3)c2o1. The molecule has 10 heteroatoms. The maximum absolute atomic E-state index is 9.43. The summed E-state index contributed by atoms with van der Waals surface area (Å²) in [7, 11) is 0. The smallest absolute Gasteiger partial charge is 0.249 e. The Morgan fingerprint density at radius 3 is 1.16 bits per heavy atom. The van der Waals surface area contributed by atoms with E-state index in [1.165, 1.54) is 0 Å². The van der Waals surface area contributed by atoms with Gasteiger partial charge in [-0.25, -0.2) is 9.97 Å². The number of hydrogen-bond donors (Lipinski definition) is 0. The molecule has 0 atom stereocenters. The normalized spacial score (nSPS) is 9.95. The van der Waals surface area contributed by atoms with E-state index in [1.54, 1.807) is 72.8 Å². The summed E-state index contributed by atoms with van der Waals surface area (Å²) in [6.45, 7) is 0. The van der Waals surface area contributed by atoms with E-state index in [2.05, 4.69) is 9.97 Å². The van der Waals surface area contributed by atoms with Gasteiger partial charge in [-0.1, -0.05) is 24.3 Å². The second-order valence-electron chi connectivity index (χ2n) is 7.72. The average Bonchev–Trinajstić information content (AvgIpc) is 3.58. The Kier molecular flexibility index (Phi) is 5.55. The Morgan fingerprint density at radius 1 is 0.526 bits per heavy atom. The van der Waals surface area contributed by atoms with Crippen LogP contribution in [0.5, 0.6) is 0 Å². The first-order valence-corrected chi connectivity index (χ1v) is 10.7. The molecule has 0 unspecified atom stereocenters. The average molecular weight is 488 g/mol. The van der Waals surface area contributed by atoms with Gasteiger partial charge in [0, 0.05) is 0 Å². The van der Waals surface area contributed by atoms with Gasteiger partial charge in [-0.05, 0) is 35.4 Å². The van der Waals surface area contributed by atoms with Crippen LogP contribution in [0.15, 0.2) is 57.4 Å². The lowest BCUT2D eigenvalue weighted by molar-refractivity contribution is 0.559. The van der Waals surface area contributed by atoms with E-state index in [1.807, 2.05) is 12.1 Å². The summed E-state index contributed by atoms with van der Waals surface area (Å²) in [5, 5.41) is 56.2. The molecule has 172 valence electrons. The summed E-state index contributed by atoms with van der Waals surface area (Å²) >= 11 is 0. The van der Waals surface area contributed by atoms with E-state index in [-0.39, 0.29) is 44.4 Å². The van der Waals surface area contributed by atoms with E-state index < -0.39 is 0 Å². The molecule has 10 nitrogen and oxygen atoms in total. The molecule has 5 rings (SSSR count). The highest BCUT2D eigenvalue weighted by atomic mass is 16.3. The van der Waals surface area contributed by atoms with Gasteiger partial charge in [0.25, 0.3) is 0 Å². The van der Waals surface area contributed by atoms with Gasteiger partial charge >= 0.3 is 0 Å². The van der Waals surface area contributed by atoms with E-state index in [0.29, 0.717) is 33.4 Å². The van der Waals surface area contributed by atoms with Crippen LogP contribution in [0.4, 0.5) is 0 Å². The molecule has 38 heavy (non-hydrogen) atoms. The number of oxazole rings is 2. The van der Waals surface area contributed by atoms with Gasteiger partial charge in [0.2, 0.25) is 11.1 Å². The van der Waals surface area contributed by atoms with Crippen LogP contribution in [0, 0.1) is 68.0 Å². The summed E-state index contributed by atoms with van der Waals surface area (Å²) in [6.07, 6.45) is 0. The van der Waals surface area contributed by atoms with Crippen LogP contribution in [0.3, 0.4) is 0 Å². The Bertz CT molecular complexity index is 1930. The molecule has 0 radical (unpaired) electrons. The molecule has 2 aromatic heterocycles. The van der Waals surface area contributed by atoms with Crippen LogP contribution in [0.25, 0.3) is 55.6 Å². The third-order valence-electron chi connectivity index (χ3n) is 5.66. The number of nitriles is 6. The second-order valence-corrected chi connectivity index (χ2v) is 7.72. The van der Waals surface area contributed by atoms with Crippen LogP contribution in [-0.2, 0) is 0 Å². The number of hydrogen-bond acceptors (Lipinski definition) is 10. The fourth-order valence-electron chi connectivity index (χ4n) is 3.95. The van der Waals surface area contributed by atoms with E-state index in [9.17, 15) is 31.6 Å². The predicted molar refractivity (Wildman–Crippen MR) is 130 cm³/mol. The Morgan fingerprint density at radius 2 is 0.868 bits per heavy atom. The Labute approximate surface area is 213 Å². The summed E-state index contributed by atoms with van der Waals surface area (Å²) in [5.74, 6) is 0. The first-order valence-electron chi connectivity index (χ1n) is 10.7. The highest BCUT2D eigenvalue weighted by molar-refractivity contribution is 6.15. The summed E-state index contributed by atoms with van der Waals surface area (Å²) < 4.78 is 11.9. The molecule has 0 bridgehead atoms. The largest absolute Gasteiger partial charge is 0.434 e. The van der Waals surface area contributed by atoms with Crippen LogP contribution in [-0.4, -0.2) is 9.97 Å². The molecule has 0 aliphatic carbocycles. The van der Waals surface area contributed by atoms with Gasteiger partial charge in [0.05, 0.1) is 34.4 Å². The molecule has 3 aromatic carbocycles. The zero-order chi connectivity index (χ0) is 26.8. The van der Waals surface area contributed by atoms with Gasteiger partial charge in [0.15, 0.2) is 22.3 Å². The molecule has 0 aliphatic rings. The van der Waals surface area contributed by atoms with Crippen molar-refractivity contribution in [1.29, 1.82) is 31.6 Å². The van der Waals surface area contributed by atoms with Gasteiger partial charge in [0.1, 0.15) is 35.3 Å². The lowest BCUT2D eigenvalue weighted by atomic mass is 9.95. The number of nitrogens with zero attached hydrogens (tertiary/aromatic N) is 8. The molecule has 0 spiro atoms. The standard InChI is InChI=1S/C28H8N8O2/c29-9-15-1-5-17(6-2-15)21-23-26(38-27(35-23)19(11-31)12-32)22(18-7-3-16(10-30)4-8-18)24-25(21)37-28(36-24)20(13-33)14-34/h1-8H. The molecule has 0 saturated heterocycles. The third kappa shape index (κ3) is 3.54. The number of rotatable bonds is 2. The lowest BCUT2D eigenvalue weighted by Crippen LogP contribution is -2.04. The van der Waals surface area contributed by atoms with Crippen LogP contribution >= 0.6 is 0 Å². The number of aromatic nitrogens is 2. The molecular weight excluding hydrogens is 480 g/mol. The van der Waals surface area contributed by atoms with Crippen LogP contribution in [0.2, 0.25) is 0 Å². The monoisotopic (exact) mass is 488 g/mol. The minimum absolute atomic E-state index is 0.162. The zero-order valence-electron chi connectivity index (χ0n) is 19.0. The molecule has 0 fully saturated rings. The molecule has 5 aromatic rings. The fourth-order valence-corrected chi connectivity index (χ4v) is 3.95. The molecule has 0 saturated carbocycles. The highest BCUT2D eigenvalue weighted by Gasteiger charge is 2.25. The van der Waals surface area contributed by atoms with E-state index >= 15 is 0 Å². The maximum Gasteiger partial charge on any atom is 0.249 e. The third-order valence-corrected chi connectivity index (χ3v) is 5.66. The van der Waals surface area contributed by atoms with Crippen LogP contribution < -0.4 is 11.1 Å². The molecule has 0 N–H and O–H groups in total. The van der Waals surface area contributed by atoms with Crippen molar-refractivity contribution in [3.8, 4) is 58.7 Å². The van der Waals surface area contributed by atoms with Gasteiger partial charge in [-0.15, -0.1) is 0 Å². The summed E-state index contributed by atoms with van der Waals surface area (Å²) in [5.41, 5.74) is 2.23. The molecular formula is C28H8N8O2. The molecule has 0 aliphatic heterocycles. The summed E-state index contributed by atoms with van der Waals surface area (Å²) in [4.78, 5) is 8.89. The summed E-state index contributed by atoms with van der Waals surface area (Å²) in [6, 6.07) is 24.1. The highest BCUT2D eigenvalue weighted by Crippen LogP contribution is 2.41. The van der Waals surface area contributed by atoms with Crippen molar-refractivity contribution in [2.24, 2.45) is 0 Å². The van der Waals surface area contributed by atoms with Gasteiger partial charge < -0.3 is 8.83 Å². The minimum Gasteiger partial charge on any atom is -0.434 e. The van der Waals surface area contributed by atoms with E-state index in [0.717, 1.165) is 0 Å². The van der Waals surface area contributed by atoms with Crippen molar-refractivity contribution in [2.45, 2.75) is 0 Å².